The molecule has 0 spiro atoms. The number of rotatable bonds is 9. The van der Waals surface area contributed by atoms with Crippen molar-refractivity contribution in [2.75, 3.05) is 0 Å². The summed E-state index contributed by atoms with van der Waals surface area (Å²) in [5, 5.41) is 3.60. The second-order valence-corrected chi connectivity index (χ2v) is 22.1. The van der Waals surface area contributed by atoms with Gasteiger partial charge in [-0.1, -0.05) is 227 Å². The summed E-state index contributed by atoms with van der Waals surface area (Å²) < 4.78 is 13.8. The first-order chi connectivity index (χ1) is 39.8. The Balaban J connectivity index is 0.884. The van der Waals surface area contributed by atoms with Crippen LogP contribution in [0.4, 0.5) is 0 Å². The molecule has 0 radical (unpaired) electrons. The molecular formula is C76H54N4O. The number of pyridine rings is 1. The molecule has 0 unspecified atom stereocenters. The predicted octanol–water partition coefficient (Wildman–Crippen LogP) is 19.3. The van der Waals surface area contributed by atoms with Crippen LogP contribution in [0.5, 0.6) is 11.5 Å². The lowest BCUT2D eigenvalue weighted by Gasteiger charge is -2.21. The third-order valence-electron chi connectivity index (χ3n) is 16.1. The molecule has 1 aliphatic rings. The van der Waals surface area contributed by atoms with Gasteiger partial charge in [0.1, 0.15) is 17.3 Å². The normalized spacial score (nSPS) is 11.9. The first kappa shape index (κ1) is 47.8. The summed E-state index contributed by atoms with van der Waals surface area (Å²) in [5.41, 5.74) is 22.3. The minimum absolute atomic E-state index is 0.0903. The van der Waals surface area contributed by atoms with E-state index in [0.717, 1.165) is 89.5 Å². The molecule has 0 saturated heterocycles. The second-order valence-electron chi connectivity index (χ2n) is 22.1. The Morgan fingerprint density at radius 3 is 1.72 bits per heavy atom. The van der Waals surface area contributed by atoms with Gasteiger partial charge in [-0.2, -0.15) is 0 Å². The van der Waals surface area contributed by atoms with E-state index in [1.807, 2.05) is 12.3 Å². The van der Waals surface area contributed by atoms with Crippen molar-refractivity contribution in [3.63, 3.8) is 0 Å². The van der Waals surface area contributed by atoms with Gasteiger partial charge in [0.25, 0.3) is 6.33 Å². The van der Waals surface area contributed by atoms with E-state index in [1.54, 1.807) is 0 Å². The lowest BCUT2D eigenvalue weighted by Crippen LogP contribution is -2.31. The van der Waals surface area contributed by atoms with Crippen molar-refractivity contribution in [2.24, 2.45) is 0 Å². The molecule has 15 rings (SSSR count). The Labute approximate surface area is 471 Å². The molecule has 0 saturated carbocycles. The number of hydrogen-bond donors (Lipinski definition) is 0. The largest absolute Gasteiger partial charge is 0.458 e. The molecule has 0 N–H and O–H groups in total. The lowest BCUT2D eigenvalue weighted by atomic mass is 9.88. The molecule has 384 valence electrons. The standard InChI is InChI=1S/C76H54N4O/c1-76(2,3)57-42-43-77-71(46-57)80-70-48-60(40-41-66(70)73-67-37-17-25-52-24-16-36-64(72(52)67)63-32-10-11-33-65(63)75(73)80)81-59-31-18-30-58(47-59)78-49-79(69-39-13-12-38-68(69)78)74-61(55-28-14-26-53(44-55)50-20-6-4-7-21-50)34-19-35-62(74)56-29-15-27-54(45-56)51-22-8-5-9-23-51/h4-48H,1-3H3. The highest BCUT2D eigenvalue weighted by Gasteiger charge is 2.30. The van der Waals surface area contributed by atoms with E-state index in [9.17, 15) is 0 Å². The third-order valence-corrected chi connectivity index (χ3v) is 16.1. The van der Waals surface area contributed by atoms with Gasteiger partial charge in [0.05, 0.1) is 33.6 Å². The Hall–Kier alpha value is -10.4. The molecule has 3 heterocycles. The Kier molecular flexibility index (Phi) is 11.3. The molecule has 0 bridgehead atoms. The molecule has 0 amide bonds. The maximum absolute atomic E-state index is 7.04. The number of benzene rings is 11. The summed E-state index contributed by atoms with van der Waals surface area (Å²) in [5.74, 6) is 2.29. The van der Waals surface area contributed by atoms with Crippen LogP contribution in [-0.2, 0) is 5.41 Å². The van der Waals surface area contributed by atoms with E-state index in [4.69, 9.17) is 9.72 Å². The smallest absolute Gasteiger partial charge is 0.269 e. The average Bonchev–Trinajstić information content (AvgIpc) is 2.57. The fourth-order valence-corrected chi connectivity index (χ4v) is 12.3. The van der Waals surface area contributed by atoms with E-state index in [1.165, 1.54) is 49.7 Å². The Bertz CT molecular complexity index is 4660. The molecule has 0 fully saturated rings. The van der Waals surface area contributed by atoms with Gasteiger partial charge in [-0.05, 0) is 138 Å². The van der Waals surface area contributed by atoms with Gasteiger partial charge in [-0.3, -0.25) is 13.7 Å². The van der Waals surface area contributed by atoms with E-state index in [-0.39, 0.29) is 5.41 Å². The molecule has 1 aliphatic carbocycles. The average molecular weight is 1040 g/mol. The number of fused-ring (bicyclic) bond motifs is 8. The summed E-state index contributed by atoms with van der Waals surface area (Å²) in [6.07, 6.45) is 5.87. The van der Waals surface area contributed by atoms with Gasteiger partial charge < -0.3 is 4.74 Å². The minimum Gasteiger partial charge on any atom is -0.458 e. The van der Waals surface area contributed by atoms with Crippen molar-refractivity contribution < 1.29 is 9.30 Å². The topological polar surface area (TPSA) is 35.9 Å². The van der Waals surface area contributed by atoms with Crippen molar-refractivity contribution >= 4 is 32.7 Å². The maximum Gasteiger partial charge on any atom is 0.269 e. The van der Waals surface area contributed by atoms with E-state index in [0.29, 0.717) is 5.75 Å². The number of ether oxygens (including phenoxy) is 1. The predicted molar refractivity (Wildman–Crippen MR) is 333 cm³/mol. The summed E-state index contributed by atoms with van der Waals surface area (Å²) in [6.45, 7) is 6.78. The lowest BCUT2D eigenvalue weighted by molar-refractivity contribution is -0.571. The molecule has 14 aromatic rings. The number of nitrogens with zero attached hydrogens (tertiary/aromatic N) is 4. The molecule has 0 atom stereocenters. The number of para-hydroxylation sites is 3. The first-order valence-corrected chi connectivity index (χ1v) is 27.8. The molecule has 3 aromatic heterocycles. The van der Waals surface area contributed by atoms with E-state index >= 15 is 0 Å². The Morgan fingerprint density at radius 2 is 1.00 bits per heavy atom. The SMILES string of the molecule is CC(C)(C)c1ccnc(-n2c3c(c4ccc(Oc5cccc(-n6[c-][n+](-c7c(-c8cccc(-c9ccccc9)c8)cccc7-c7cccc(-c8ccccc8)c7)c7ccccc76)c5)cc42)-c2cccc4cccc(c24)-c2ccccc2-3)c1. The fourth-order valence-electron chi connectivity index (χ4n) is 12.3. The Morgan fingerprint density at radius 1 is 0.432 bits per heavy atom. The van der Waals surface area contributed by atoms with E-state index < -0.39 is 0 Å². The van der Waals surface area contributed by atoms with Crippen molar-refractivity contribution in [1.82, 2.24) is 14.1 Å². The fraction of sp³-hybridized carbons (Fsp3) is 0.0526. The quantitative estimate of drug-likeness (QED) is 0.107. The minimum atomic E-state index is -0.0903. The van der Waals surface area contributed by atoms with Gasteiger partial charge in [-0.15, -0.1) is 0 Å². The van der Waals surface area contributed by atoms with Crippen LogP contribution in [-0.4, -0.2) is 14.1 Å². The number of aromatic nitrogens is 4. The summed E-state index contributed by atoms with van der Waals surface area (Å²) >= 11 is 0. The maximum atomic E-state index is 7.04. The van der Waals surface area contributed by atoms with Gasteiger partial charge in [0.2, 0.25) is 0 Å². The molecular weight excluding hydrogens is 985 g/mol. The molecule has 5 heteroatoms. The number of hydrogen-bond acceptors (Lipinski definition) is 2. The zero-order chi connectivity index (χ0) is 54.2. The van der Waals surface area contributed by atoms with Crippen LogP contribution in [0.3, 0.4) is 0 Å². The van der Waals surface area contributed by atoms with Gasteiger partial charge in [-0.25, -0.2) is 4.98 Å². The number of imidazole rings is 1. The van der Waals surface area contributed by atoms with Crippen LogP contribution in [0.2, 0.25) is 0 Å². The third kappa shape index (κ3) is 8.24. The van der Waals surface area contributed by atoms with Crippen LogP contribution < -0.4 is 9.30 Å². The summed E-state index contributed by atoms with van der Waals surface area (Å²) in [7, 11) is 0. The van der Waals surface area contributed by atoms with Crippen molar-refractivity contribution in [3.05, 3.63) is 285 Å². The van der Waals surface area contributed by atoms with Crippen molar-refractivity contribution in [2.45, 2.75) is 26.2 Å². The van der Waals surface area contributed by atoms with Crippen LogP contribution in [0.1, 0.15) is 26.3 Å². The summed E-state index contributed by atoms with van der Waals surface area (Å²) in [4.78, 5) is 5.15. The van der Waals surface area contributed by atoms with Crippen molar-refractivity contribution in [1.29, 1.82) is 0 Å². The molecule has 5 nitrogen and oxygen atoms in total. The van der Waals surface area contributed by atoms with Crippen LogP contribution in [0.15, 0.2) is 273 Å². The summed E-state index contributed by atoms with van der Waals surface area (Å²) in [6, 6.07) is 95.8. The van der Waals surface area contributed by atoms with Crippen LogP contribution in [0, 0.1) is 6.33 Å². The first-order valence-electron chi connectivity index (χ1n) is 27.8. The zero-order valence-electron chi connectivity index (χ0n) is 45.2. The van der Waals surface area contributed by atoms with Gasteiger partial charge >= 0.3 is 0 Å². The second kappa shape index (κ2) is 19.2. The molecule has 11 aromatic carbocycles. The van der Waals surface area contributed by atoms with E-state index in [2.05, 4.69) is 302 Å². The molecule has 0 aliphatic heterocycles. The van der Waals surface area contributed by atoms with Gasteiger partial charge in [0, 0.05) is 28.8 Å². The zero-order valence-corrected chi connectivity index (χ0v) is 45.2. The highest BCUT2D eigenvalue weighted by molar-refractivity contribution is 6.19. The van der Waals surface area contributed by atoms with Crippen LogP contribution >= 0.6 is 0 Å². The van der Waals surface area contributed by atoms with Crippen LogP contribution in [0.25, 0.3) is 128 Å². The highest BCUT2D eigenvalue weighted by Crippen LogP contribution is 2.52. The van der Waals surface area contributed by atoms with Crippen molar-refractivity contribution in [3.8, 4) is 107 Å². The molecule has 81 heavy (non-hydrogen) atoms. The highest BCUT2D eigenvalue weighted by atomic mass is 16.5. The monoisotopic (exact) mass is 1040 g/mol. The van der Waals surface area contributed by atoms with Gasteiger partial charge in [0.15, 0.2) is 0 Å².